The predicted octanol–water partition coefficient (Wildman–Crippen LogP) is 3.60. The Morgan fingerprint density at radius 1 is 1.11 bits per heavy atom. The number of halogens is 3. The second-order valence-corrected chi connectivity index (χ2v) is 5.92. The minimum atomic E-state index is -4.46. The molecule has 5 nitrogen and oxygen atoms in total. The van der Waals surface area contributed by atoms with Gasteiger partial charge in [0.15, 0.2) is 0 Å². The van der Waals surface area contributed by atoms with Gasteiger partial charge in [0, 0.05) is 12.1 Å². The van der Waals surface area contributed by atoms with Gasteiger partial charge >= 0.3 is 6.18 Å². The Morgan fingerprint density at radius 3 is 2.41 bits per heavy atom. The summed E-state index contributed by atoms with van der Waals surface area (Å²) in [5.74, 6) is -0.136. The van der Waals surface area contributed by atoms with Gasteiger partial charge < -0.3 is 9.88 Å². The zero-order valence-corrected chi connectivity index (χ0v) is 14.4. The number of rotatable bonds is 4. The van der Waals surface area contributed by atoms with Crippen LogP contribution in [0.15, 0.2) is 53.3 Å². The minimum absolute atomic E-state index is 0.0381. The number of aromatic amines is 1. The molecule has 8 heteroatoms. The smallest absolute Gasteiger partial charge is 0.331 e. The molecular weight excluding hydrogens is 359 g/mol. The fourth-order valence-corrected chi connectivity index (χ4v) is 2.70. The average Bonchev–Trinajstić information content (AvgIpc) is 2.65. The maximum absolute atomic E-state index is 12.7. The molecule has 3 aromatic rings. The molecule has 0 radical (unpaired) electrons. The van der Waals surface area contributed by atoms with E-state index in [1.54, 1.807) is 31.2 Å². The molecule has 1 heterocycles. The first kappa shape index (κ1) is 18.6. The summed E-state index contributed by atoms with van der Waals surface area (Å²) in [6, 6.07) is 10.9. The lowest BCUT2D eigenvalue weighted by Gasteiger charge is -2.20. The first-order valence-corrected chi connectivity index (χ1v) is 8.24. The van der Waals surface area contributed by atoms with Gasteiger partial charge in [-0.25, -0.2) is 4.98 Å². The molecule has 0 saturated carbocycles. The van der Waals surface area contributed by atoms with Crippen LogP contribution in [0.25, 0.3) is 10.9 Å². The van der Waals surface area contributed by atoms with E-state index in [1.165, 1.54) is 4.90 Å². The van der Waals surface area contributed by atoms with Crippen molar-refractivity contribution in [3.05, 3.63) is 75.8 Å². The van der Waals surface area contributed by atoms with Gasteiger partial charge in [0.2, 0.25) is 0 Å². The molecule has 1 aromatic heterocycles. The Bertz CT molecular complexity index is 1030. The lowest BCUT2D eigenvalue weighted by molar-refractivity contribution is -0.137. The molecule has 0 saturated heterocycles. The summed E-state index contributed by atoms with van der Waals surface area (Å²) in [4.78, 5) is 33.1. The van der Waals surface area contributed by atoms with Gasteiger partial charge in [0.25, 0.3) is 11.5 Å². The molecule has 0 spiro atoms. The van der Waals surface area contributed by atoms with Gasteiger partial charge in [-0.05, 0) is 43.3 Å². The van der Waals surface area contributed by atoms with E-state index in [9.17, 15) is 22.8 Å². The number of nitrogens with zero attached hydrogens (tertiary/aromatic N) is 2. The molecule has 0 fully saturated rings. The van der Waals surface area contributed by atoms with Crippen LogP contribution in [-0.2, 0) is 12.7 Å². The van der Waals surface area contributed by atoms with Crippen molar-refractivity contribution in [2.75, 3.05) is 6.54 Å². The number of para-hydroxylation sites is 1. The maximum atomic E-state index is 12.7. The average molecular weight is 375 g/mol. The van der Waals surface area contributed by atoms with Gasteiger partial charge in [0.1, 0.15) is 5.82 Å². The number of amides is 1. The lowest BCUT2D eigenvalue weighted by atomic mass is 10.1. The molecule has 0 aliphatic rings. The van der Waals surface area contributed by atoms with Gasteiger partial charge in [-0.3, -0.25) is 9.59 Å². The number of H-pyrrole nitrogens is 1. The Morgan fingerprint density at radius 2 is 1.78 bits per heavy atom. The van der Waals surface area contributed by atoms with E-state index in [1.807, 2.05) is 0 Å². The second kappa shape index (κ2) is 7.22. The number of benzene rings is 2. The summed E-state index contributed by atoms with van der Waals surface area (Å²) in [7, 11) is 0. The number of fused-ring (bicyclic) bond motifs is 1. The zero-order chi connectivity index (χ0) is 19.6. The standard InChI is InChI=1S/C19H16F3N3O2/c1-2-25(18(27)12-7-9-13(10-8-12)19(20,21)22)11-16-23-15-6-4-3-5-14(15)17(26)24-16/h3-10H,2,11H2,1H3,(H,23,24,26). The third kappa shape index (κ3) is 3.99. The van der Waals surface area contributed by atoms with E-state index >= 15 is 0 Å². The summed E-state index contributed by atoms with van der Waals surface area (Å²) in [6.45, 7) is 2.08. The van der Waals surface area contributed by atoms with Gasteiger partial charge in [-0.1, -0.05) is 12.1 Å². The molecule has 0 aliphatic carbocycles. The van der Waals surface area contributed by atoms with Crippen molar-refractivity contribution in [3.63, 3.8) is 0 Å². The molecular formula is C19H16F3N3O2. The Hall–Kier alpha value is -3.16. The summed E-state index contributed by atoms with van der Waals surface area (Å²) in [6.07, 6.45) is -4.46. The topological polar surface area (TPSA) is 66.1 Å². The monoisotopic (exact) mass is 375 g/mol. The molecule has 0 bridgehead atoms. The highest BCUT2D eigenvalue weighted by Crippen LogP contribution is 2.29. The van der Waals surface area contributed by atoms with Crippen molar-refractivity contribution in [2.24, 2.45) is 0 Å². The van der Waals surface area contributed by atoms with Crippen molar-refractivity contribution >= 4 is 16.8 Å². The van der Waals surface area contributed by atoms with Crippen LogP contribution in [0, 0.1) is 0 Å². The molecule has 1 amide bonds. The van der Waals surface area contributed by atoms with Crippen molar-refractivity contribution in [1.29, 1.82) is 0 Å². The molecule has 140 valence electrons. The van der Waals surface area contributed by atoms with Gasteiger partial charge in [0.05, 0.1) is 23.0 Å². The largest absolute Gasteiger partial charge is 0.416 e. The van der Waals surface area contributed by atoms with Crippen molar-refractivity contribution in [3.8, 4) is 0 Å². The van der Waals surface area contributed by atoms with E-state index in [2.05, 4.69) is 9.97 Å². The van der Waals surface area contributed by atoms with Crippen LogP contribution in [0.1, 0.15) is 28.7 Å². The number of alkyl halides is 3. The number of carbonyl (C=O) groups excluding carboxylic acids is 1. The van der Waals surface area contributed by atoms with Crippen LogP contribution in [0.4, 0.5) is 13.2 Å². The third-order valence-electron chi connectivity index (χ3n) is 4.13. The summed E-state index contributed by atoms with van der Waals surface area (Å²) < 4.78 is 38.0. The highest BCUT2D eigenvalue weighted by atomic mass is 19.4. The SMILES string of the molecule is CCN(Cc1nc2ccccc2c(=O)[nH]1)C(=O)c1ccc(C(F)(F)F)cc1. The zero-order valence-electron chi connectivity index (χ0n) is 14.4. The van der Waals surface area contributed by atoms with Crippen molar-refractivity contribution < 1.29 is 18.0 Å². The fourth-order valence-electron chi connectivity index (χ4n) is 2.70. The molecule has 27 heavy (non-hydrogen) atoms. The minimum Gasteiger partial charge on any atom is -0.331 e. The van der Waals surface area contributed by atoms with Crippen LogP contribution < -0.4 is 5.56 Å². The number of hydrogen-bond acceptors (Lipinski definition) is 3. The normalized spacial score (nSPS) is 11.6. The fraction of sp³-hybridized carbons (Fsp3) is 0.211. The quantitative estimate of drug-likeness (QED) is 0.758. The molecule has 0 unspecified atom stereocenters. The number of hydrogen-bond donors (Lipinski definition) is 1. The predicted molar refractivity (Wildman–Crippen MR) is 94.2 cm³/mol. The lowest BCUT2D eigenvalue weighted by Crippen LogP contribution is -2.32. The second-order valence-electron chi connectivity index (χ2n) is 5.92. The van der Waals surface area contributed by atoms with Crippen LogP contribution in [0.5, 0.6) is 0 Å². The third-order valence-corrected chi connectivity index (χ3v) is 4.13. The van der Waals surface area contributed by atoms with Crippen LogP contribution in [0.2, 0.25) is 0 Å². The van der Waals surface area contributed by atoms with E-state index < -0.39 is 17.6 Å². The van der Waals surface area contributed by atoms with E-state index in [4.69, 9.17) is 0 Å². The molecule has 3 rings (SSSR count). The molecule has 0 atom stereocenters. The summed E-state index contributed by atoms with van der Waals surface area (Å²) in [5.41, 5.74) is -0.487. The van der Waals surface area contributed by atoms with Crippen LogP contribution in [-0.4, -0.2) is 27.3 Å². The number of carbonyl (C=O) groups is 1. The van der Waals surface area contributed by atoms with Gasteiger partial charge in [-0.15, -0.1) is 0 Å². The van der Waals surface area contributed by atoms with Crippen molar-refractivity contribution in [1.82, 2.24) is 14.9 Å². The van der Waals surface area contributed by atoms with E-state index in [-0.39, 0.29) is 17.7 Å². The number of nitrogens with one attached hydrogen (secondary N) is 1. The van der Waals surface area contributed by atoms with Gasteiger partial charge in [-0.2, -0.15) is 13.2 Å². The highest BCUT2D eigenvalue weighted by Gasteiger charge is 2.30. The highest BCUT2D eigenvalue weighted by molar-refractivity contribution is 5.94. The Balaban J connectivity index is 1.85. The number of aromatic nitrogens is 2. The molecule has 0 aliphatic heterocycles. The first-order chi connectivity index (χ1) is 12.8. The summed E-state index contributed by atoms with van der Waals surface area (Å²) >= 11 is 0. The Kier molecular flexibility index (Phi) is 4.98. The van der Waals surface area contributed by atoms with Crippen LogP contribution >= 0.6 is 0 Å². The summed E-state index contributed by atoms with van der Waals surface area (Å²) in [5, 5.41) is 0.443. The Labute approximate surface area is 152 Å². The molecule has 2 aromatic carbocycles. The van der Waals surface area contributed by atoms with Crippen molar-refractivity contribution in [2.45, 2.75) is 19.6 Å². The maximum Gasteiger partial charge on any atom is 0.416 e. The van der Waals surface area contributed by atoms with Crippen LogP contribution in [0.3, 0.4) is 0 Å². The first-order valence-electron chi connectivity index (χ1n) is 8.24. The van der Waals surface area contributed by atoms with E-state index in [0.717, 1.165) is 24.3 Å². The molecule has 1 N–H and O–H groups in total. The van der Waals surface area contributed by atoms with E-state index in [0.29, 0.717) is 23.3 Å².